The molecule has 0 aromatic heterocycles. The van der Waals surface area contributed by atoms with Crippen molar-refractivity contribution in [3.63, 3.8) is 0 Å². The van der Waals surface area contributed by atoms with Crippen molar-refractivity contribution in [2.24, 2.45) is 5.92 Å². The van der Waals surface area contributed by atoms with Crippen LogP contribution in [0.25, 0.3) is 0 Å². The molecule has 1 saturated carbocycles. The Labute approximate surface area is 190 Å². The van der Waals surface area contributed by atoms with E-state index >= 15 is 0 Å². The smallest absolute Gasteiger partial charge is 1.00 e. The fourth-order valence-corrected chi connectivity index (χ4v) is 7.15. The van der Waals surface area contributed by atoms with E-state index in [0.717, 1.165) is 5.92 Å². The van der Waals surface area contributed by atoms with Gasteiger partial charge in [-0.05, 0) is 23.8 Å². The topological polar surface area (TPSA) is 0 Å². The van der Waals surface area contributed by atoms with Crippen molar-refractivity contribution in [3.8, 4) is 0 Å². The first kappa shape index (κ1) is 27.8. The van der Waals surface area contributed by atoms with Crippen LogP contribution in [0, 0.1) is 5.92 Å². The van der Waals surface area contributed by atoms with Gasteiger partial charge < -0.3 is 37.2 Å². The van der Waals surface area contributed by atoms with Crippen molar-refractivity contribution in [2.75, 3.05) is 0 Å². The van der Waals surface area contributed by atoms with Gasteiger partial charge in [-0.1, -0.05) is 69.8 Å². The molecule has 138 valence electrons. The summed E-state index contributed by atoms with van der Waals surface area (Å²) in [4.78, 5) is 0. The summed E-state index contributed by atoms with van der Waals surface area (Å²) >= 11 is 0. The molecule has 1 aromatic rings. The monoisotopic (exact) mass is 450 g/mol. The van der Waals surface area contributed by atoms with E-state index in [1.165, 1.54) is 51.4 Å². The molecular formula is C20H29Cl3SiTi. The summed E-state index contributed by atoms with van der Waals surface area (Å²) in [6.07, 6.45) is 20.9. The van der Waals surface area contributed by atoms with Gasteiger partial charge in [0.15, 0.2) is 0 Å². The molecule has 0 heterocycles. The molecule has 2 aliphatic carbocycles. The van der Waals surface area contributed by atoms with Gasteiger partial charge in [-0.3, -0.25) is 0 Å². The summed E-state index contributed by atoms with van der Waals surface area (Å²) in [5.74, 6) is 0.988. The Balaban J connectivity index is 0. The molecule has 0 saturated heterocycles. The number of halogens is 3. The second kappa shape index (κ2) is 13.7. The third-order valence-corrected chi connectivity index (χ3v) is 8.16. The van der Waals surface area contributed by atoms with Crippen molar-refractivity contribution in [1.82, 2.24) is 0 Å². The van der Waals surface area contributed by atoms with Crippen LogP contribution in [-0.2, 0) is 28.1 Å². The predicted octanol–water partition coefficient (Wildman–Crippen LogP) is -4.58. The number of hydrogen-bond acceptors (Lipinski definition) is 0. The van der Waals surface area contributed by atoms with Gasteiger partial charge in [-0.25, -0.2) is 12.1 Å². The van der Waals surface area contributed by atoms with Crippen molar-refractivity contribution < 1.29 is 58.9 Å². The van der Waals surface area contributed by atoms with Gasteiger partial charge in [0, 0.05) is 9.52 Å². The van der Waals surface area contributed by atoms with E-state index in [1.807, 2.05) is 0 Å². The van der Waals surface area contributed by atoms with Crippen LogP contribution in [-0.4, -0.2) is 9.52 Å². The quantitative estimate of drug-likeness (QED) is 0.312. The normalized spacial score (nSPS) is 22.6. The van der Waals surface area contributed by atoms with E-state index < -0.39 is 0 Å². The molecule has 0 nitrogen and oxygen atoms in total. The second-order valence-electron chi connectivity index (χ2n) is 7.17. The molecule has 0 aliphatic heterocycles. The average Bonchev–Trinajstić information content (AvgIpc) is 2.96. The third-order valence-electron chi connectivity index (χ3n) is 5.57. The molecule has 25 heavy (non-hydrogen) atoms. The maximum absolute atomic E-state index is 2.58. The first-order chi connectivity index (χ1) is 10.3. The predicted molar refractivity (Wildman–Crippen MR) is 96.4 cm³/mol. The standard InChI is InChI=1S/C20H29Si.3ClH.Ti/c1-2-18-12-9-13-19(18)21-20(14-7-4-8-15-20)16-17-10-5-3-6-11-17;;;;/h4,7-9,12-14,17H,2-3,5-6,10-11,15-16,21H2,1H3;3*1H;/q-1;;;;+4/p-3. The average molecular weight is 452 g/mol. The maximum Gasteiger partial charge on any atom is 4.00 e. The number of aryl methyl sites for hydroxylation is 1. The van der Waals surface area contributed by atoms with Crippen LogP contribution in [0.2, 0.25) is 5.04 Å². The number of rotatable bonds is 5. The Hall–Kier alpha value is 0.631. The zero-order chi connectivity index (χ0) is 14.5. The van der Waals surface area contributed by atoms with E-state index in [4.69, 9.17) is 0 Å². The van der Waals surface area contributed by atoms with Crippen LogP contribution < -0.4 is 42.4 Å². The fourth-order valence-electron chi connectivity index (χ4n) is 4.42. The van der Waals surface area contributed by atoms with E-state index in [0.29, 0.717) is 5.04 Å². The van der Waals surface area contributed by atoms with Crippen molar-refractivity contribution in [3.05, 3.63) is 48.1 Å². The summed E-state index contributed by atoms with van der Waals surface area (Å²) in [5, 5.41) is 2.25. The van der Waals surface area contributed by atoms with Crippen molar-refractivity contribution >= 4 is 14.7 Å². The molecule has 0 N–H and O–H groups in total. The molecule has 1 aromatic carbocycles. The van der Waals surface area contributed by atoms with Crippen molar-refractivity contribution in [2.45, 2.75) is 63.3 Å². The summed E-state index contributed by atoms with van der Waals surface area (Å²) in [6.45, 7) is 2.30. The van der Waals surface area contributed by atoms with Crippen LogP contribution in [0.1, 0.15) is 57.4 Å². The molecule has 0 bridgehead atoms. The minimum atomic E-state index is -0.245. The van der Waals surface area contributed by atoms with E-state index in [1.54, 1.807) is 10.8 Å². The van der Waals surface area contributed by atoms with Gasteiger partial charge >= 0.3 is 21.7 Å². The van der Waals surface area contributed by atoms with E-state index in [9.17, 15) is 0 Å². The molecule has 2 aliphatic rings. The first-order valence-electron chi connectivity index (χ1n) is 8.89. The summed E-state index contributed by atoms with van der Waals surface area (Å²) < 4.78 is 0. The molecule has 0 spiro atoms. The molecule has 5 heteroatoms. The molecule has 1 fully saturated rings. The SMILES string of the molecule is CCc1ccc[c-]1[SiH2]C1(CC2CCCCC2)C=CC=CC1.[Cl-].[Cl-].[Cl-].[Ti+4]. The second-order valence-corrected chi connectivity index (χ2v) is 9.69. The van der Waals surface area contributed by atoms with Crippen LogP contribution in [0.3, 0.4) is 0 Å². The Kier molecular flexibility index (Phi) is 15.3. The van der Waals surface area contributed by atoms with E-state index in [2.05, 4.69) is 49.4 Å². The summed E-state index contributed by atoms with van der Waals surface area (Å²) in [5.41, 5.74) is 1.62. The largest absolute Gasteiger partial charge is 4.00 e. The van der Waals surface area contributed by atoms with Crippen LogP contribution >= 0.6 is 0 Å². The minimum Gasteiger partial charge on any atom is -1.00 e. The van der Waals surface area contributed by atoms with E-state index in [-0.39, 0.29) is 68.5 Å². The van der Waals surface area contributed by atoms with Crippen molar-refractivity contribution in [1.29, 1.82) is 0 Å². The Morgan fingerprint density at radius 1 is 1.12 bits per heavy atom. The molecule has 0 radical (unpaired) electrons. The van der Waals surface area contributed by atoms with Gasteiger partial charge in [0.05, 0.1) is 0 Å². The molecule has 0 amide bonds. The molecule has 3 rings (SSSR count). The van der Waals surface area contributed by atoms with Gasteiger partial charge in [0.25, 0.3) is 0 Å². The third kappa shape index (κ3) is 7.64. The van der Waals surface area contributed by atoms with Gasteiger partial charge in [-0.2, -0.15) is 16.8 Å². The number of allylic oxidation sites excluding steroid dienone is 4. The Morgan fingerprint density at radius 3 is 2.44 bits per heavy atom. The maximum atomic E-state index is 2.58. The Morgan fingerprint density at radius 2 is 1.84 bits per heavy atom. The Bertz CT molecular complexity index is 521. The van der Waals surface area contributed by atoms with Crippen LogP contribution in [0.4, 0.5) is 0 Å². The van der Waals surface area contributed by atoms with Crippen LogP contribution in [0.15, 0.2) is 42.5 Å². The zero-order valence-electron chi connectivity index (χ0n) is 15.1. The molecule has 1 unspecified atom stereocenters. The molecular weight excluding hydrogens is 423 g/mol. The van der Waals surface area contributed by atoms with Gasteiger partial charge in [0.2, 0.25) is 0 Å². The summed E-state index contributed by atoms with van der Waals surface area (Å²) in [6, 6.07) is 7.04. The molecule has 1 atom stereocenters. The summed E-state index contributed by atoms with van der Waals surface area (Å²) in [7, 11) is -0.245. The fraction of sp³-hybridized carbons (Fsp3) is 0.550. The van der Waals surface area contributed by atoms with Gasteiger partial charge in [-0.15, -0.1) is 0 Å². The first-order valence-corrected chi connectivity index (χ1v) is 10.3. The van der Waals surface area contributed by atoms with Gasteiger partial charge in [0.1, 0.15) is 0 Å². The number of hydrogen-bond donors (Lipinski definition) is 0. The van der Waals surface area contributed by atoms with Crippen LogP contribution in [0.5, 0.6) is 0 Å². The zero-order valence-corrected chi connectivity index (χ0v) is 20.4. The minimum absolute atomic E-state index is 0.